The zero-order valence-electron chi connectivity index (χ0n) is 15.9. The lowest BCUT2D eigenvalue weighted by molar-refractivity contribution is -0.137. The third-order valence-electron chi connectivity index (χ3n) is 5.06. The highest BCUT2D eigenvalue weighted by Crippen LogP contribution is 2.32. The molecule has 1 heterocycles. The summed E-state index contributed by atoms with van der Waals surface area (Å²) in [4.78, 5) is 14.9. The van der Waals surface area contributed by atoms with Crippen LogP contribution in [0.1, 0.15) is 35.7 Å². The van der Waals surface area contributed by atoms with Gasteiger partial charge in [-0.25, -0.2) is 8.42 Å². The van der Waals surface area contributed by atoms with Crippen molar-refractivity contribution in [3.63, 3.8) is 0 Å². The number of hydrogen-bond acceptors (Lipinski definition) is 3. The standard InChI is InChI=1S/C21H22F3NO3S/c1-2-12-25(17-11-13-29(27,28)14-17)20(26)19-6-4-3-5-18(19)15-7-9-16(10-8-15)21(22,23)24/h3-10,17H,2,11-14H2,1H3/t17-/m1/s1. The highest BCUT2D eigenvalue weighted by Gasteiger charge is 2.35. The number of rotatable bonds is 5. The Bertz CT molecular complexity index is 985. The predicted molar refractivity (Wildman–Crippen MR) is 105 cm³/mol. The van der Waals surface area contributed by atoms with Gasteiger partial charge in [-0.2, -0.15) is 13.2 Å². The molecule has 156 valence electrons. The van der Waals surface area contributed by atoms with E-state index in [0.29, 0.717) is 36.1 Å². The number of sulfone groups is 1. The van der Waals surface area contributed by atoms with Gasteiger partial charge in [-0.15, -0.1) is 0 Å². The van der Waals surface area contributed by atoms with Crippen LogP contribution in [0.4, 0.5) is 13.2 Å². The number of amides is 1. The van der Waals surface area contributed by atoms with Crippen molar-refractivity contribution >= 4 is 15.7 Å². The average Bonchev–Trinajstić information content (AvgIpc) is 3.04. The maximum Gasteiger partial charge on any atom is 0.416 e. The molecule has 1 aliphatic rings. The molecule has 0 bridgehead atoms. The van der Waals surface area contributed by atoms with Crippen LogP contribution in [0.25, 0.3) is 11.1 Å². The Morgan fingerprint density at radius 2 is 1.76 bits per heavy atom. The highest BCUT2D eigenvalue weighted by atomic mass is 32.2. The van der Waals surface area contributed by atoms with Crippen molar-refractivity contribution in [1.29, 1.82) is 0 Å². The quantitative estimate of drug-likeness (QED) is 0.713. The fourth-order valence-corrected chi connectivity index (χ4v) is 5.36. The van der Waals surface area contributed by atoms with E-state index in [0.717, 1.165) is 12.1 Å². The second kappa shape index (κ2) is 8.18. The third kappa shape index (κ3) is 4.80. The summed E-state index contributed by atoms with van der Waals surface area (Å²) < 4.78 is 62.3. The SMILES string of the molecule is CCCN(C(=O)c1ccccc1-c1ccc(C(F)(F)F)cc1)[C@@H]1CCS(=O)(=O)C1. The minimum absolute atomic E-state index is 0.0544. The van der Waals surface area contributed by atoms with Crippen LogP contribution >= 0.6 is 0 Å². The summed E-state index contributed by atoms with van der Waals surface area (Å²) >= 11 is 0. The number of halogens is 3. The van der Waals surface area contributed by atoms with Gasteiger partial charge in [-0.05, 0) is 42.2 Å². The summed E-state index contributed by atoms with van der Waals surface area (Å²) in [5.41, 5.74) is 0.615. The lowest BCUT2D eigenvalue weighted by Crippen LogP contribution is -2.41. The van der Waals surface area contributed by atoms with Gasteiger partial charge in [0.15, 0.2) is 9.84 Å². The Morgan fingerprint density at radius 1 is 1.10 bits per heavy atom. The van der Waals surface area contributed by atoms with E-state index >= 15 is 0 Å². The van der Waals surface area contributed by atoms with E-state index in [1.165, 1.54) is 12.1 Å². The first-order valence-corrected chi connectivity index (χ1v) is 11.2. The summed E-state index contributed by atoms with van der Waals surface area (Å²) in [5.74, 6) is -0.295. The molecule has 0 N–H and O–H groups in total. The summed E-state index contributed by atoms with van der Waals surface area (Å²) in [6.45, 7) is 2.33. The van der Waals surface area contributed by atoms with E-state index in [4.69, 9.17) is 0 Å². The van der Waals surface area contributed by atoms with Crippen LogP contribution in [-0.2, 0) is 16.0 Å². The molecule has 2 aromatic rings. The minimum Gasteiger partial charge on any atom is -0.335 e. The van der Waals surface area contributed by atoms with E-state index in [-0.39, 0.29) is 23.5 Å². The number of hydrogen-bond donors (Lipinski definition) is 0. The van der Waals surface area contributed by atoms with Crippen molar-refractivity contribution in [3.8, 4) is 11.1 Å². The van der Waals surface area contributed by atoms with Gasteiger partial charge in [-0.1, -0.05) is 37.3 Å². The number of carbonyl (C=O) groups excluding carboxylic acids is 1. The van der Waals surface area contributed by atoms with E-state index in [1.807, 2.05) is 6.92 Å². The van der Waals surface area contributed by atoms with Crippen molar-refractivity contribution in [3.05, 3.63) is 59.7 Å². The Hall–Kier alpha value is -2.35. The van der Waals surface area contributed by atoms with Gasteiger partial charge < -0.3 is 4.90 Å². The van der Waals surface area contributed by atoms with Crippen LogP contribution < -0.4 is 0 Å². The molecule has 1 saturated heterocycles. The fraction of sp³-hybridized carbons (Fsp3) is 0.381. The Morgan fingerprint density at radius 3 is 2.31 bits per heavy atom. The van der Waals surface area contributed by atoms with E-state index < -0.39 is 21.6 Å². The molecular formula is C21H22F3NO3S. The first-order valence-electron chi connectivity index (χ1n) is 9.40. The molecule has 1 atom stereocenters. The molecule has 1 aliphatic heterocycles. The Kier molecular flexibility index (Phi) is 6.03. The summed E-state index contributed by atoms with van der Waals surface area (Å²) in [7, 11) is -3.16. The molecule has 4 nitrogen and oxygen atoms in total. The topological polar surface area (TPSA) is 54.5 Å². The maximum absolute atomic E-state index is 13.3. The first-order chi connectivity index (χ1) is 13.6. The van der Waals surface area contributed by atoms with Crippen LogP contribution in [0.5, 0.6) is 0 Å². The normalized spacial score (nSPS) is 18.6. The molecular weight excluding hydrogens is 403 g/mol. The number of carbonyl (C=O) groups is 1. The van der Waals surface area contributed by atoms with Crippen molar-refractivity contribution in [2.24, 2.45) is 0 Å². The average molecular weight is 425 g/mol. The van der Waals surface area contributed by atoms with Crippen LogP contribution in [0.15, 0.2) is 48.5 Å². The highest BCUT2D eigenvalue weighted by molar-refractivity contribution is 7.91. The van der Waals surface area contributed by atoms with Gasteiger partial charge in [0.2, 0.25) is 0 Å². The predicted octanol–water partition coefficient (Wildman–Crippen LogP) is 4.41. The van der Waals surface area contributed by atoms with Gasteiger partial charge in [0.25, 0.3) is 5.91 Å². The Labute approximate surface area is 168 Å². The minimum atomic E-state index is -4.43. The van der Waals surface area contributed by atoms with Crippen molar-refractivity contribution in [1.82, 2.24) is 4.90 Å². The number of alkyl halides is 3. The monoisotopic (exact) mass is 425 g/mol. The third-order valence-corrected chi connectivity index (χ3v) is 6.81. The van der Waals surface area contributed by atoms with Gasteiger partial charge in [0.05, 0.1) is 17.1 Å². The van der Waals surface area contributed by atoms with Crippen LogP contribution in [0.2, 0.25) is 0 Å². The van der Waals surface area contributed by atoms with Gasteiger partial charge in [-0.3, -0.25) is 4.79 Å². The van der Waals surface area contributed by atoms with Gasteiger partial charge in [0, 0.05) is 18.2 Å². The summed E-state index contributed by atoms with van der Waals surface area (Å²) in [6.07, 6.45) is -3.36. The smallest absolute Gasteiger partial charge is 0.335 e. The second-order valence-electron chi connectivity index (χ2n) is 7.18. The molecule has 0 saturated carbocycles. The van der Waals surface area contributed by atoms with Crippen molar-refractivity contribution < 1.29 is 26.4 Å². The summed E-state index contributed by atoms with van der Waals surface area (Å²) in [5, 5.41) is 0. The maximum atomic E-state index is 13.3. The zero-order chi connectivity index (χ0) is 21.2. The van der Waals surface area contributed by atoms with E-state index in [1.54, 1.807) is 29.2 Å². The molecule has 29 heavy (non-hydrogen) atoms. The van der Waals surface area contributed by atoms with Crippen LogP contribution in [-0.4, -0.2) is 43.3 Å². The number of benzene rings is 2. The van der Waals surface area contributed by atoms with Crippen molar-refractivity contribution in [2.45, 2.75) is 32.0 Å². The van der Waals surface area contributed by atoms with E-state index in [2.05, 4.69) is 0 Å². The molecule has 8 heteroatoms. The molecule has 0 aliphatic carbocycles. The second-order valence-corrected chi connectivity index (χ2v) is 9.40. The molecule has 1 amide bonds. The fourth-order valence-electron chi connectivity index (χ4n) is 3.63. The first kappa shape index (κ1) is 21.4. The molecule has 0 unspecified atom stereocenters. The lowest BCUT2D eigenvalue weighted by Gasteiger charge is -2.29. The molecule has 2 aromatic carbocycles. The van der Waals surface area contributed by atoms with Crippen LogP contribution in [0, 0.1) is 0 Å². The molecule has 0 radical (unpaired) electrons. The molecule has 1 fully saturated rings. The number of nitrogens with zero attached hydrogens (tertiary/aromatic N) is 1. The summed E-state index contributed by atoms with van der Waals surface area (Å²) in [6, 6.07) is 11.0. The lowest BCUT2D eigenvalue weighted by atomic mass is 9.97. The zero-order valence-corrected chi connectivity index (χ0v) is 16.8. The van der Waals surface area contributed by atoms with Crippen molar-refractivity contribution in [2.75, 3.05) is 18.1 Å². The molecule has 0 aromatic heterocycles. The molecule has 3 rings (SSSR count). The van der Waals surface area contributed by atoms with E-state index in [9.17, 15) is 26.4 Å². The molecule has 0 spiro atoms. The van der Waals surface area contributed by atoms with Gasteiger partial charge >= 0.3 is 6.18 Å². The van der Waals surface area contributed by atoms with Gasteiger partial charge in [0.1, 0.15) is 0 Å². The van der Waals surface area contributed by atoms with Crippen LogP contribution in [0.3, 0.4) is 0 Å². The Balaban J connectivity index is 1.95. The largest absolute Gasteiger partial charge is 0.416 e.